The van der Waals surface area contributed by atoms with Gasteiger partial charge in [0.25, 0.3) is 0 Å². The molecule has 0 aromatic carbocycles. The van der Waals surface area contributed by atoms with E-state index in [1.165, 1.54) is 13.8 Å². The van der Waals surface area contributed by atoms with Crippen molar-refractivity contribution in [1.82, 2.24) is 0 Å². The highest BCUT2D eigenvalue weighted by Crippen LogP contribution is 2.49. The maximum Gasteiger partial charge on any atom is 0.426 e. The first-order valence-electron chi connectivity index (χ1n) is 28.0. The van der Waals surface area contributed by atoms with E-state index in [-0.39, 0.29) is 92.5 Å². The molecule has 88 heavy (non-hydrogen) atoms. The van der Waals surface area contributed by atoms with Gasteiger partial charge in [-0.2, -0.15) is 87.8 Å². The molecule has 6 atom stereocenters. The minimum absolute atomic E-state index is 0.0315. The van der Waals surface area contributed by atoms with Crippen molar-refractivity contribution >= 4 is 0 Å². The Morgan fingerprint density at radius 2 is 0.432 bits per heavy atom. The largest absolute Gasteiger partial charge is 0.426 e. The van der Waals surface area contributed by atoms with E-state index in [1.807, 2.05) is 0 Å². The Bertz CT molecular complexity index is 1690. The molecule has 0 rings (SSSR count). The van der Waals surface area contributed by atoms with E-state index in [2.05, 4.69) is 18.9 Å². The Morgan fingerprint density at radius 3 is 0.670 bits per heavy atom. The van der Waals surface area contributed by atoms with Gasteiger partial charge in [0, 0.05) is 25.7 Å². The Balaban J connectivity index is 0. The van der Waals surface area contributed by atoms with Crippen LogP contribution in [0.15, 0.2) is 0 Å². The average Bonchev–Trinajstić information content (AvgIpc) is 2.24. The lowest BCUT2D eigenvalue weighted by molar-refractivity contribution is -0.408. The molecule has 6 unspecified atom stereocenters. The molecule has 0 aromatic rings. The van der Waals surface area contributed by atoms with Crippen LogP contribution in [-0.2, 0) is 75.8 Å². The highest BCUT2D eigenvalue weighted by Gasteiger charge is 2.73. The Morgan fingerprint density at radius 1 is 0.227 bits per heavy atom. The van der Waals surface area contributed by atoms with Crippen LogP contribution in [0.4, 0.5) is 87.8 Å². The van der Waals surface area contributed by atoms with Gasteiger partial charge in [0.15, 0.2) is 0 Å². The number of rotatable bonds is 56. The molecule has 0 bridgehead atoms. The van der Waals surface area contributed by atoms with Crippen LogP contribution in [0.3, 0.4) is 0 Å². The topological polar surface area (TPSA) is 148 Å². The molecule has 0 spiro atoms. The minimum atomic E-state index is -5.73. The molecule has 36 heteroatoms. The second-order valence-corrected chi connectivity index (χ2v) is 19.4. The SMILES string of the molecule is CCC(F)(F)C(F)(F)C(F)(F)OCC(C)OCC(C)OCC(C)OCC(C)OCC(C)OCC(C)OC(F)(F)C(F)(F)C(F)(F)CC.CCC(F)(F)C(F)(F)OCCOCCOCCOCCOCCOCCOCCOCCOC(F)(F)C(F)(F)CC. The van der Waals surface area contributed by atoms with Gasteiger partial charge in [0.05, 0.1) is 182 Å². The van der Waals surface area contributed by atoms with Crippen LogP contribution < -0.4 is 0 Å². The molecule has 0 aliphatic carbocycles. The molecule has 0 fully saturated rings. The van der Waals surface area contributed by atoms with E-state index in [4.69, 9.17) is 56.8 Å². The summed E-state index contributed by atoms with van der Waals surface area (Å²) in [5.41, 5.74) is 0. The molecule has 0 aliphatic rings. The maximum atomic E-state index is 13.7. The first-order chi connectivity index (χ1) is 40.5. The second-order valence-electron chi connectivity index (χ2n) is 19.4. The van der Waals surface area contributed by atoms with Crippen molar-refractivity contribution in [1.29, 1.82) is 0 Å². The lowest BCUT2D eigenvalue weighted by atomic mass is 10.1. The lowest BCUT2D eigenvalue weighted by Gasteiger charge is -2.33. The molecule has 0 amide bonds. The molecule has 532 valence electrons. The van der Waals surface area contributed by atoms with Crippen molar-refractivity contribution in [3.8, 4) is 0 Å². The zero-order valence-corrected chi connectivity index (χ0v) is 50.9. The third-order valence-corrected chi connectivity index (χ3v) is 11.5. The second kappa shape index (κ2) is 43.0. The van der Waals surface area contributed by atoms with Crippen molar-refractivity contribution in [3.05, 3.63) is 0 Å². The molecular weight excluding hydrogens is 1260 g/mol. The number of halogens is 20. The van der Waals surface area contributed by atoms with Crippen LogP contribution in [0.5, 0.6) is 0 Å². The highest BCUT2D eigenvalue weighted by atomic mass is 19.4. The van der Waals surface area contributed by atoms with Crippen molar-refractivity contribution in [2.75, 3.05) is 145 Å². The summed E-state index contributed by atoms with van der Waals surface area (Å²) < 4.78 is 345. The fourth-order valence-electron chi connectivity index (χ4n) is 5.78. The first-order valence-corrected chi connectivity index (χ1v) is 28.0. The van der Waals surface area contributed by atoms with Crippen molar-refractivity contribution in [2.45, 2.75) is 192 Å². The predicted molar refractivity (Wildman–Crippen MR) is 272 cm³/mol. The molecule has 0 saturated carbocycles. The zero-order chi connectivity index (χ0) is 68.2. The molecule has 0 heterocycles. The number of ether oxygens (including phenoxy) is 16. The van der Waals surface area contributed by atoms with Crippen molar-refractivity contribution in [2.24, 2.45) is 0 Å². The van der Waals surface area contributed by atoms with Crippen LogP contribution in [0.2, 0.25) is 0 Å². The van der Waals surface area contributed by atoms with E-state index >= 15 is 0 Å². The van der Waals surface area contributed by atoms with Gasteiger partial charge >= 0.3 is 60.0 Å². The summed E-state index contributed by atoms with van der Waals surface area (Å²) in [6.45, 7) is 10.7. The smallest absolute Gasteiger partial charge is 0.377 e. The van der Waals surface area contributed by atoms with Crippen LogP contribution in [0.1, 0.15) is 94.9 Å². The fourth-order valence-corrected chi connectivity index (χ4v) is 5.78. The molecular formula is C52H88F20O16. The summed E-state index contributed by atoms with van der Waals surface area (Å²) >= 11 is 0. The number of hydrogen-bond donors (Lipinski definition) is 0. The standard InChI is InChI=1S/C28H46F12O7.C24H42F8O9/c1-9-23(29,30)25(33,34)27(37,38)46-16-21(7)44-14-19(5)42-12-17(3)41-11-18(4)43-13-20(6)45-15-22(8)47-28(39,40)26(35,36)24(31,32)10-2;1-3-21(25,26)23(29,30)40-19-17-38-15-13-36-11-9-34-7-5-33-6-8-35-10-12-37-14-16-39-18-20-41-24(31,32)22(27,28)4-2/h17-22H,9-16H2,1-8H3;3-20H2,1-2H3. The van der Waals surface area contributed by atoms with Gasteiger partial charge < -0.3 is 75.8 Å². The minimum Gasteiger partial charge on any atom is -0.377 e. The van der Waals surface area contributed by atoms with Gasteiger partial charge in [-0.25, -0.2) is 0 Å². The summed E-state index contributed by atoms with van der Waals surface area (Å²) in [4.78, 5) is 0. The van der Waals surface area contributed by atoms with E-state index in [0.717, 1.165) is 20.8 Å². The van der Waals surface area contributed by atoms with Crippen LogP contribution >= 0.6 is 0 Å². The van der Waals surface area contributed by atoms with Crippen molar-refractivity contribution in [3.63, 3.8) is 0 Å². The van der Waals surface area contributed by atoms with E-state index in [9.17, 15) is 87.8 Å². The van der Waals surface area contributed by atoms with Gasteiger partial charge in [-0.3, -0.25) is 0 Å². The number of alkyl halides is 20. The Kier molecular flexibility index (Phi) is 43.1. The van der Waals surface area contributed by atoms with E-state index in [0.29, 0.717) is 40.3 Å². The van der Waals surface area contributed by atoms with Gasteiger partial charge in [0.2, 0.25) is 0 Å². The monoisotopic (exact) mass is 1350 g/mol. The van der Waals surface area contributed by atoms with Crippen LogP contribution in [0, 0.1) is 0 Å². The number of hydrogen-bond acceptors (Lipinski definition) is 16. The average molecular weight is 1350 g/mol. The normalized spacial score (nSPS) is 15.9. The third kappa shape index (κ3) is 34.2. The fraction of sp³-hybridized carbons (Fsp3) is 1.00. The van der Waals surface area contributed by atoms with Crippen molar-refractivity contribution < 1.29 is 164 Å². The highest BCUT2D eigenvalue weighted by molar-refractivity contribution is 4.92. The maximum absolute atomic E-state index is 13.7. The van der Waals surface area contributed by atoms with Gasteiger partial charge in [-0.05, 0) is 41.5 Å². The first kappa shape index (κ1) is 88.0. The summed E-state index contributed by atoms with van der Waals surface area (Å²) in [7, 11) is 0. The molecule has 0 N–H and O–H groups in total. The predicted octanol–water partition coefficient (Wildman–Crippen LogP) is 12.4. The molecule has 0 radical (unpaired) electrons. The summed E-state index contributed by atoms with van der Waals surface area (Å²) in [6.07, 6.45) is -30.3. The van der Waals surface area contributed by atoms with Crippen LogP contribution in [0.25, 0.3) is 0 Å². The lowest BCUT2D eigenvalue weighted by Crippen LogP contribution is -2.56. The molecule has 0 saturated heterocycles. The molecule has 16 nitrogen and oxygen atoms in total. The van der Waals surface area contributed by atoms with Gasteiger partial charge in [-0.15, -0.1) is 0 Å². The summed E-state index contributed by atoms with van der Waals surface area (Å²) in [6, 6.07) is 0. The Labute approximate surface area is 499 Å². The van der Waals surface area contributed by atoms with Crippen LogP contribution in [-0.4, -0.2) is 242 Å². The van der Waals surface area contributed by atoms with E-state index in [1.54, 1.807) is 20.8 Å². The van der Waals surface area contributed by atoms with E-state index < -0.39 is 149 Å². The summed E-state index contributed by atoms with van der Waals surface area (Å²) in [5.74, 6) is -29.9. The Hall–Kier alpha value is -2.04. The quantitative estimate of drug-likeness (QED) is 0.0420. The third-order valence-electron chi connectivity index (χ3n) is 11.5. The van der Waals surface area contributed by atoms with Gasteiger partial charge in [-0.1, -0.05) is 27.7 Å². The molecule has 0 aliphatic heterocycles. The molecule has 0 aromatic heterocycles. The zero-order valence-electron chi connectivity index (χ0n) is 50.9. The summed E-state index contributed by atoms with van der Waals surface area (Å²) in [5, 5.41) is 0. The van der Waals surface area contributed by atoms with Gasteiger partial charge in [0.1, 0.15) is 0 Å².